The fraction of sp³-hybridized carbons (Fsp3) is 0.143. The molecule has 0 atom stereocenters. The summed E-state index contributed by atoms with van der Waals surface area (Å²) in [4.78, 5) is 18.8. The number of carbonyl (C=O) groups is 1. The Morgan fingerprint density at radius 1 is 1.04 bits per heavy atom. The van der Waals surface area contributed by atoms with Crippen molar-refractivity contribution >= 4 is 11.6 Å². The molecule has 1 aromatic heterocycles. The summed E-state index contributed by atoms with van der Waals surface area (Å²) >= 11 is 0. The molecular weight excluding hydrogens is 347 g/mol. The van der Waals surface area contributed by atoms with Crippen LogP contribution >= 0.6 is 0 Å². The van der Waals surface area contributed by atoms with Gasteiger partial charge in [0.15, 0.2) is 0 Å². The molecule has 3 aromatic rings. The summed E-state index contributed by atoms with van der Waals surface area (Å²) in [7, 11) is 3.03. The molecule has 0 N–H and O–H groups in total. The van der Waals surface area contributed by atoms with E-state index in [0.29, 0.717) is 22.7 Å². The number of nitrogens with zero attached hydrogens (tertiary/aromatic N) is 2. The summed E-state index contributed by atoms with van der Waals surface area (Å²) in [6, 6.07) is 14.5. The Kier molecular flexibility index (Phi) is 5.66. The summed E-state index contributed by atoms with van der Waals surface area (Å²) in [6.45, 7) is 0.246. The van der Waals surface area contributed by atoms with E-state index < -0.39 is 5.82 Å². The summed E-state index contributed by atoms with van der Waals surface area (Å²) in [5, 5.41) is 0. The van der Waals surface area contributed by atoms with Crippen LogP contribution < -0.4 is 14.4 Å². The standard InChI is InChI=1S/C21H19FN2O3/c1-26-19-9-16(10-20(12-19)27-2)21(25)24(14-15-5-4-8-23-13-15)18-7-3-6-17(22)11-18/h3-13H,14H2,1-2H3. The third-order valence-electron chi connectivity index (χ3n) is 4.03. The van der Waals surface area contributed by atoms with Crippen LogP contribution in [0, 0.1) is 5.82 Å². The van der Waals surface area contributed by atoms with Crippen LogP contribution in [-0.4, -0.2) is 25.1 Å². The normalized spacial score (nSPS) is 10.3. The zero-order valence-corrected chi connectivity index (χ0v) is 15.1. The van der Waals surface area contributed by atoms with Crippen molar-refractivity contribution in [1.29, 1.82) is 0 Å². The molecule has 0 fully saturated rings. The molecule has 0 aliphatic heterocycles. The Morgan fingerprint density at radius 3 is 2.37 bits per heavy atom. The minimum absolute atomic E-state index is 0.246. The number of amides is 1. The first kappa shape index (κ1) is 18.4. The molecule has 5 nitrogen and oxygen atoms in total. The summed E-state index contributed by atoms with van der Waals surface area (Å²) in [6.07, 6.45) is 3.33. The van der Waals surface area contributed by atoms with Gasteiger partial charge in [0, 0.05) is 29.7 Å². The molecule has 3 rings (SSSR count). The van der Waals surface area contributed by atoms with Crippen molar-refractivity contribution in [2.75, 3.05) is 19.1 Å². The average Bonchev–Trinajstić information content (AvgIpc) is 2.71. The van der Waals surface area contributed by atoms with Gasteiger partial charge in [-0.3, -0.25) is 9.78 Å². The van der Waals surface area contributed by atoms with Crippen molar-refractivity contribution in [3.8, 4) is 11.5 Å². The molecule has 2 aromatic carbocycles. The molecule has 0 saturated heterocycles. The fourth-order valence-corrected chi connectivity index (χ4v) is 2.69. The lowest BCUT2D eigenvalue weighted by molar-refractivity contribution is 0.0984. The Bertz CT molecular complexity index is 909. The number of hydrogen-bond acceptors (Lipinski definition) is 4. The number of hydrogen-bond donors (Lipinski definition) is 0. The predicted octanol–water partition coefficient (Wildman–Crippen LogP) is 4.08. The van der Waals surface area contributed by atoms with Gasteiger partial charge < -0.3 is 14.4 Å². The predicted molar refractivity (Wildman–Crippen MR) is 101 cm³/mol. The second-order valence-corrected chi connectivity index (χ2v) is 5.83. The van der Waals surface area contributed by atoms with Crippen LogP contribution in [0.3, 0.4) is 0 Å². The van der Waals surface area contributed by atoms with Crippen molar-refractivity contribution in [3.05, 3.63) is 83.9 Å². The topological polar surface area (TPSA) is 51.7 Å². The van der Waals surface area contributed by atoms with Gasteiger partial charge in [-0.05, 0) is 42.0 Å². The number of aromatic nitrogens is 1. The molecule has 6 heteroatoms. The maximum absolute atomic E-state index is 13.8. The van der Waals surface area contributed by atoms with Gasteiger partial charge in [-0.2, -0.15) is 0 Å². The van der Waals surface area contributed by atoms with Crippen molar-refractivity contribution in [2.45, 2.75) is 6.54 Å². The van der Waals surface area contributed by atoms with E-state index in [1.165, 1.54) is 31.3 Å². The number of ether oxygens (including phenoxy) is 2. The van der Waals surface area contributed by atoms with E-state index >= 15 is 0 Å². The van der Waals surface area contributed by atoms with Crippen molar-refractivity contribution in [3.63, 3.8) is 0 Å². The van der Waals surface area contributed by atoms with Crippen LogP contribution in [0.15, 0.2) is 67.0 Å². The lowest BCUT2D eigenvalue weighted by Crippen LogP contribution is -2.30. The van der Waals surface area contributed by atoms with Crippen LogP contribution in [0.2, 0.25) is 0 Å². The molecule has 0 aliphatic rings. The van der Waals surface area contributed by atoms with Crippen LogP contribution in [0.1, 0.15) is 15.9 Å². The minimum atomic E-state index is -0.417. The van der Waals surface area contributed by atoms with Gasteiger partial charge in [0.05, 0.1) is 20.8 Å². The molecule has 0 radical (unpaired) electrons. The first-order valence-electron chi connectivity index (χ1n) is 8.30. The van der Waals surface area contributed by atoms with Gasteiger partial charge in [0.1, 0.15) is 17.3 Å². The second-order valence-electron chi connectivity index (χ2n) is 5.83. The minimum Gasteiger partial charge on any atom is -0.497 e. The van der Waals surface area contributed by atoms with Crippen LogP contribution in [0.5, 0.6) is 11.5 Å². The van der Waals surface area contributed by atoms with Crippen molar-refractivity contribution in [2.24, 2.45) is 0 Å². The maximum atomic E-state index is 13.8. The monoisotopic (exact) mass is 366 g/mol. The second kappa shape index (κ2) is 8.31. The van der Waals surface area contributed by atoms with Gasteiger partial charge in [0.25, 0.3) is 5.91 Å². The summed E-state index contributed by atoms with van der Waals surface area (Å²) in [5.41, 5.74) is 1.65. The number of halogens is 1. The molecule has 138 valence electrons. The molecular formula is C21H19FN2O3. The molecule has 0 saturated carbocycles. The van der Waals surface area contributed by atoms with E-state index in [-0.39, 0.29) is 12.5 Å². The first-order chi connectivity index (χ1) is 13.1. The summed E-state index contributed by atoms with van der Waals surface area (Å²) in [5.74, 6) is 0.276. The molecule has 0 aliphatic carbocycles. The van der Waals surface area contributed by atoms with Crippen LogP contribution in [-0.2, 0) is 6.54 Å². The highest BCUT2D eigenvalue weighted by molar-refractivity contribution is 6.06. The number of benzene rings is 2. The average molecular weight is 366 g/mol. The number of methoxy groups -OCH3 is 2. The smallest absolute Gasteiger partial charge is 0.258 e. The van der Waals surface area contributed by atoms with Gasteiger partial charge in [-0.15, -0.1) is 0 Å². The summed E-state index contributed by atoms with van der Waals surface area (Å²) < 4.78 is 24.3. The third-order valence-corrected chi connectivity index (χ3v) is 4.03. The van der Waals surface area contributed by atoms with E-state index in [0.717, 1.165) is 5.56 Å². The highest BCUT2D eigenvalue weighted by atomic mass is 19.1. The van der Waals surface area contributed by atoms with Gasteiger partial charge in [0.2, 0.25) is 0 Å². The molecule has 0 spiro atoms. The van der Waals surface area contributed by atoms with Crippen LogP contribution in [0.4, 0.5) is 10.1 Å². The Balaban J connectivity index is 2.03. The number of anilines is 1. The van der Waals surface area contributed by atoms with Gasteiger partial charge >= 0.3 is 0 Å². The van der Waals surface area contributed by atoms with Gasteiger partial charge in [-0.25, -0.2) is 4.39 Å². The van der Waals surface area contributed by atoms with E-state index in [1.807, 2.05) is 6.07 Å². The Morgan fingerprint density at radius 2 is 1.78 bits per heavy atom. The zero-order valence-electron chi connectivity index (χ0n) is 15.1. The molecule has 1 heterocycles. The Labute approximate surface area is 157 Å². The zero-order chi connectivity index (χ0) is 19.2. The number of pyridine rings is 1. The maximum Gasteiger partial charge on any atom is 0.258 e. The molecule has 27 heavy (non-hydrogen) atoms. The fourth-order valence-electron chi connectivity index (χ4n) is 2.69. The molecule has 0 bridgehead atoms. The van der Waals surface area contributed by atoms with E-state index in [4.69, 9.17) is 9.47 Å². The third kappa shape index (κ3) is 4.41. The number of carbonyl (C=O) groups excluding carboxylic acids is 1. The van der Waals surface area contributed by atoms with Crippen molar-refractivity contribution in [1.82, 2.24) is 4.98 Å². The first-order valence-corrected chi connectivity index (χ1v) is 8.30. The highest BCUT2D eigenvalue weighted by Crippen LogP contribution is 2.26. The number of rotatable bonds is 6. The quantitative estimate of drug-likeness (QED) is 0.659. The SMILES string of the molecule is COc1cc(OC)cc(C(=O)N(Cc2cccnc2)c2cccc(F)c2)c1. The van der Waals surface area contributed by atoms with E-state index in [2.05, 4.69) is 4.98 Å². The largest absolute Gasteiger partial charge is 0.497 e. The van der Waals surface area contributed by atoms with Gasteiger partial charge in [-0.1, -0.05) is 12.1 Å². The highest BCUT2D eigenvalue weighted by Gasteiger charge is 2.20. The lowest BCUT2D eigenvalue weighted by Gasteiger charge is -2.23. The van der Waals surface area contributed by atoms with E-state index in [1.54, 1.807) is 48.8 Å². The van der Waals surface area contributed by atoms with Crippen LogP contribution in [0.25, 0.3) is 0 Å². The lowest BCUT2D eigenvalue weighted by atomic mass is 10.1. The Hall–Kier alpha value is -3.41. The molecule has 1 amide bonds. The van der Waals surface area contributed by atoms with E-state index in [9.17, 15) is 9.18 Å². The van der Waals surface area contributed by atoms with Crippen molar-refractivity contribution < 1.29 is 18.7 Å². The molecule has 0 unspecified atom stereocenters.